The predicted molar refractivity (Wildman–Crippen MR) is 71.6 cm³/mol. The number of nitrogens with zero attached hydrogens (tertiary/aromatic N) is 1. The van der Waals surface area contributed by atoms with Crippen molar-refractivity contribution in [2.75, 3.05) is 0 Å². The normalized spacial score (nSPS) is 10.7. The van der Waals surface area contributed by atoms with Crippen molar-refractivity contribution in [3.8, 4) is 5.75 Å². The van der Waals surface area contributed by atoms with E-state index in [1.54, 1.807) is 6.07 Å². The molecule has 4 heteroatoms. The smallest absolute Gasteiger partial charge is 0.120 e. The Bertz CT molecular complexity index is 538. The van der Waals surface area contributed by atoms with E-state index in [1.165, 1.54) is 6.21 Å². The summed E-state index contributed by atoms with van der Waals surface area (Å²) in [5.41, 5.74) is 1.83. The number of hydrogen-bond acceptors (Lipinski definition) is 3. The maximum Gasteiger partial charge on any atom is 0.120 e. The first-order chi connectivity index (χ1) is 8.78. The molecule has 0 saturated heterocycles. The summed E-state index contributed by atoms with van der Waals surface area (Å²) in [5.74, 6) is 0.724. The Labute approximate surface area is 110 Å². The molecule has 0 radical (unpaired) electrons. The third-order valence-corrected chi connectivity index (χ3v) is 2.64. The van der Waals surface area contributed by atoms with E-state index in [4.69, 9.17) is 21.5 Å². The molecule has 0 aromatic heterocycles. The van der Waals surface area contributed by atoms with Gasteiger partial charge in [0.15, 0.2) is 0 Å². The summed E-state index contributed by atoms with van der Waals surface area (Å²) in [6.07, 6.45) is 1.36. The molecule has 18 heavy (non-hydrogen) atoms. The fraction of sp³-hybridized carbons (Fsp3) is 0.0714. The average molecular weight is 262 g/mol. The van der Waals surface area contributed by atoms with Crippen molar-refractivity contribution in [3.05, 3.63) is 64.7 Å². The minimum Gasteiger partial charge on any atom is -0.489 e. The molecule has 0 saturated carbocycles. The van der Waals surface area contributed by atoms with E-state index in [1.807, 2.05) is 42.5 Å². The Kier molecular flexibility index (Phi) is 4.20. The second-order valence-electron chi connectivity index (χ2n) is 3.73. The molecule has 0 spiro atoms. The van der Waals surface area contributed by atoms with Gasteiger partial charge in [0.25, 0.3) is 0 Å². The summed E-state index contributed by atoms with van der Waals surface area (Å²) in [4.78, 5) is 0. The van der Waals surface area contributed by atoms with Crippen LogP contribution in [0.4, 0.5) is 0 Å². The van der Waals surface area contributed by atoms with Crippen LogP contribution in [0.3, 0.4) is 0 Å². The largest absolute Gasteiger partial charge is 0.489 e. The molecule has 0 heterocycles. The Balaban J connectivity index is 2.01. The minimum absolute atomic E-state index is 0.469. The summed E-state index contributed by atoms with van der Waals surface area (Å²) in [5, 5.41) is 12.1. The molecule has 0 unspecified atom stereocenters. The number of halogens is 1. The number of hydrogen-bond donors (Lipinski definition) is 1. The van der Waals surface area contributed by atoms with Gasteiger partial charge in [-0.15, -0.1) is 0 Å². The highest BCUT2D eigenvalue weighted by Gasteiger charge is 1.97. The quantitative estimate of drug-likeness (QED) is 0.518. The lowest BCUT2D eigenvalue weighted by atomic mass is 10.2. The van der Waals surface area contributed by atoms with Gasteiger partial charge in [-0.25, -0.2) is 0 Å². The zero-order valence-corrected chi connectivity index (χ0v) is 10.3. The molecule has 0 amide bonds. The summed E-state index contributed by atoms with van der Waals surface area (Å²) < 4.78 is 5.63. The van der Waals surface area contributed by atoms with Gasteiger partial charge >= 0.3 is 0 Å². The Hall–Kier alpha value is -2.00. The predicted octanol–water partition coefficient (Wildman–Crippen LogP) is 3.73. The van der Waals surface area contributed by atoms with Crippen LogP contribution in [0.15, 0.2) is 53.7 Å². The fourth-order valence-corrected chi connectivity index (χ4v) is 1.62. The van der Waals surface area contributed by atoms with Crippen molar-refractivity contribution in [1.82, 2.24) is 0 Å². The van der Waals surface area contributed by atoms with Crippen LogP contribution >= 0.6 is 11.6 Å². The zero-order chi connectivity index (χ0) is 12.8. The molecule has 0 aliphatic heterocycles. The summed E-state index contributed by atoms with van der Waals surface area (Å²) in [7, 11) is 0. The second-order valence-corrected chi connectivity index (χ2v) is 4.17. The van der Waals surface area contributed by atoms with Crippen molar-refractivity contribution in [2.24, 2.45) is 5.16 Å². The Morgan fingerprint density at radius 1 is 1.17 bits per heavy atom. The van der Waals surface area contributed by atoms with Crippen LogP contribution < -0.4 is 4.74 Å². The van der Waals surface area contributed by atoms with E-state index in [0.29, 0.717) is 11.6 Å². The van der Waals surface area contributed by atoms with Crippen molar-refractivity contribution in [2.45, 2.75) is 6.61 Å². The summed E-state index contributed by atoms with van der Waals surface area (Å²) in [6, 6.07) is 14.8. The molecule has 3 nitrogen and oxygen atoms in total. The van der Waals surface area contributed by atoms with E-state index in [-0.39, 0.29) is 0 Å². The van der Waals surface area contributed by atoms with Crippen LogP contribution in [0.5, 0.6) is 5.75 Å². The number of rotatable bonds is 4. The standard InChI is InChI=1S/C14H12ClNO2/c15-13-6-4-11(5-7-13)10-18-14-3-1-2-12(8-14)9-16-17/h1-9,17H,10H2. The molecule has 0 aliphatic rings. The molecule has 0 bridgehead atoms. The van der Waals surface area contributed by atoms with Crippen LogP contribution in [-0.4, -0.2) is 11.4 Å². The number of ether oxygens (including phenoxy) is 1. The molecular formula is C14H12ClNO2. The van der Waals surface area contributed by atoms with E-state index >= 15 is 0 Å². The maximum atomic E-state index is 8.46. The number of benzene rings is 2. The molecule has 0 fully saturated rings. The third kappa shape index (κ3) is 3.50. The molecule has 2 rings (SSSR count). The minimum atomic E-state index is 0.469. The highest BCUT2D eigenvalue weighted by atomic mass is 35.5. The van der Waals surface area contributed by atoms with Crippen molar-refractivity contribution in [1.29, 1.82) is 0 Å². The van der Waals surface area contributed by atoms with Crippen molar-refractivity contribution in [3.63, 3.8) is 0 Å². The van der Waals surface area contributed by atoms with E-state index < -0.39 is 0 Å². The topological polar surface area (TPSA) is 41.8 Å². The lowest BCUT2D eigenvalue weighted by Crippen LogP contribution is -1.95. The van der Waals surface area contributed by atoms with E-state index in [2.05, 4.69) is 5.16 Å². The van der Waals surface area contributed by atoms with Gasteiger partial charge in [-0.1, -0.05) is 41.0 Å². The Morgan fingerprint density at radius 2 is 1.94 bits per heavy atom. The lowest BCUT2D eigenvalue weighted by molar-refractivity contribution is 0.306. The summed E-state index contributed by atoms with van der Waals surface area (Å²) >= 11 is 5.81. The highest BCUT2D eigenvalue weighted by molar-refractivity contribution is 6.30. The summed E-state index contributed by atoms with van der Waals surface area (Å²) in [6.45, 7) is 0.469. The lowest BCUT2D eigenvalue weighted by Gasteiger charge is -2.06. The number of oxime groups is 1. The van der Waals surface area contributed by atoms with Gasteiger partial charge in [0.1, 0.15) is 12.4 Å². The molecular weight excluding hydrogens is 250 g/mol. The highest BCUT2D eigenvalue weighted by Crippen LogP contribution is 2.15. The molecule has 0 aliphatic carbocycles. The second kappa shape index (κ2) is 6.07. The van der Waals surface area contributed by atoms with Crippen LogP contribution in [0.25, 0.3) is 0 Å². The first-order valence-corrected chi connectivity index (χ1v) is 5.80. The van der Waals surface area contributed by atoms with Gasteiger partial charge in [0.2, 0.25) is 0 Å². The first-order valence-electron chi connectivity index (χ1n) is 5.42. The van der Waals surface area contributed by atoms with Crippen LogP contribution in [0.2, 0.25) is 5.02 Å². The van der Waals surface area contributed by atoms with E-state index in [9.17, 15) is 0 Å². The van der Waals surface area contributed by atoms with Crippen LogP contribution in [-0.2, 0) is 6.61 Å². The molecule has 2 aromatic carbocycles. The Morgan fingerprint density at radius 3 is 2.67 bits per heavy atom. The average Bonchev–Trinajstić information content (AvgIpc) is 2.39. The van der Waals surface area contributed by atoms with Crippen molar-refractivity contribution < 1.29 is 9.94 Å². The van der Waals surface area contributed by atoms with Gasteiger partial charge in [0, 0.05) is 5.02 Å². The van der Waals surface area contributed by atoms with Gasteiger partial charge in [-0.3, -0.25) is 0 Å². The zero-order valence-electron chi connectivity index (χ0n) is 9.58. The van der Waals surface area contributed by atoms with Gasteiger partial charge in [0.05, 0.1) is 6.21 Å². The molecule has 1 N–H and O–H groups in total. The van der Waals surface area contributed by atoms with Gasteiger partial charge in [-0.05, 0) is 35.4 Å². The molecule has 0 atom stereocenters. The van der Waals surface area contributed by atoms with Gasteiger partial charge in [-0.2, -0.15) is 0 Å². The maximum absolute atomic E-state index is 8.46. The molecule has 2 aromatic rings. The fourth-order valence-electron chi connectivity index (χ4n) is 1.50. The van der Waals surface area contributed by atoms with Crippen LogP contribution in [0.1, 0.15) is 11.1 Å². The molecule has 92 valence electrons. The first kappa shape index (κ1) is 12.5. The van der Waals surface area contributed by atoms with Crippen LogP contribution in [0, 0.1) is 0 Å². The van der Waals surface area contributed by atoms with E-state index in [0.717, 1.165) is 16.9 Å². The third-order valence-electron chi connectivity index (χ3n) is 2.38. The monoisotopic (exact) mass is 261 g/mol. The van der Waals surface area contributed by atoms with Crippen molar-refractivity contribution >= 4 is 17.8 Å². The SMILES string of the molecule is ON=Cc1cccc(OCc2ccc(Cl)cc2)c1. The van der Waals surface area contributed by atoms with Gasteiger partial charge < -0.3 is 9.94 Å².